The number of furan rings is 2. The van der Waals surface area contributed by atoms with Crippen molar-refractivity contribution in [1.29, 1.82) is 0 Å². The lowest BCUT2D eigenvalue weighted by molar-refractivity contribution is 0.656. The van der Waals surface area contributed by atoms with Crippen molar-refractivity contribution in [2.75, 3.05) is 0 Å². The fourth-order valence-electron chi connectivity index (χ4n) is 6.34. The zero-order valence-corrected chi connectivity index (χ0v) is 21.5. The minimum Gasteiger partial charge on any atom is -0.456 e. The van der Waals surface area contributed by atoms with Gasteiger partial charge in [0.15, 0.2) is 0 Å². The third-order valence-electron chi connectivity index (χ3n) is 8.26. The molecule has 0 saturated heterocycles. The maximum atomic E-state index is 6.32. The largest absolute Gasteiger partial charge is 0.456 e. The average molecular weight is 511 g/mol. The number of rotatable bonds is 2. The van der Waals surface area contributed by atoms with Crippen LogP contribution in [0.5, 0.6) is 0 Å². The Hall–Kier alpha value is -5.34. The second kappa shape index (κ2) is 8.08. The first-order chi connectivity index (χ1) is 19.8. The Kier molecular flexibility index (Phi) is 4.36. The Bertz CT molecular complexity index is 2260. The third-order valence-corrected chi connectivity index (χ3v) is 8.26. The summed E-state index contributed by atoms with van der Waals surface area (Å²) in [5.74, 6) is 0. The van der Waals surface area contributed by atoms with Crippen LogP contribution in [0, 0.1) is 0 Å². The van der Waals surface area contributed by atoms with E-state index in [-0.39, 0.29) is 0 Å². The molecule has 0 spiro atoms. The molecule has 0 atom stereocenters. The van der Waals surface area contributed by atoms with Crippen molar-refractivity contribution in [3.8, 4) is 22.3 Å². The molecule has 0 radical (unpaired) electrons. The highest BCUT2D eigenvalue weighted by atomic mass is 16.3. The Balaban J connectivity index is 1.27. The smallest absolute Gasteiger partial charge is 0.139 e. The van der Waals surface area contributed by atoms with E-state index in [0.717, 1.165) is 43.9 Å². The predicted molar refractivity (Wildman–Crippen MR) is 167 cm³/mol. The van der Waals surface area contributed by atoms with E-state index in [4.69, 9.17) is 8.83 Å². The zero-order chi connectivity index (χ0) is 26.2. The molecule has 2 heterocycles. The van der Waals surface area contributed by atoms with Crippen LogP contribution >= 0.6 is 0 Å². The molecule has 2 nitrogen and oxygen atoms in total. The second-order valence-electron chi connectivity index (χ2n) is 10.5. The van der Waals surface area contributed by atoms with Crippen LogP contribution in [0.4, 0.5) is 0 Å². The lowest BCUT2D eigenvalue weighted by Gasteiger charge is -2.07. The van der Waals surface area contributed by atoms with Gasteiger partial charge in [0.1, 0.15) is 22.3 Å². The SMILES string of the molecule is c1ccc2c(-c3ccc4oc5cc6oc7ccc(-c8cccc9ccccc89)cc7c6cc5c4c3)cccc2c1. The highest BCUT2D eigenvalue weighted by molar-refractivity contribution is 6.16. The number of fused-ring (bicyclic) bond motifs is 8. The normalized spacial score (nSPS) is 12.0. The van der Waals surface area contributed by atoms with Crippen molar-refractivity contribution in [3.63, 3.8) is 0 Å². The first-order valence-electron chi connectivity index (χ1n) is 13.6. The molecule has 186 valence electrons. The molecule has 0 amide bonds. The molecule has 0 saturated carbocycles. The van der Waals surface area contributed by atoms with Crippen LogP contribution in [-0.2, 0) is 0 Å². The van der Waals surface area contributed by atoms with E-state index >= 15 is 0 Å². The summed E-state index contributed by atoms with van der Waals surface area (Å²) in [6.07, 6.45) is 0. The summed E-state index contributed by atoms with van der Waals surface area (Å²) in [7, 11) is 0. The Labute approximate surface area is 229 Å². The minimum atomic E-state index is 0.839. The van der Waals surface area contributed by atoms with Gasteiger partial charge in [-0.15, -0.1) is 0 Å². The lowest BCUT2D eigenvalue weighted by Crippen LogP contribution is -1.81. The highest BCUT2D eigenvalue weighted by Gasteiger charge is 2.16. The van der Waals surface area contributed by atoms with Gasteiger partial charge >= 0.3 is 0 Å². The fraction of sp³-hybridized carbons (Fsp3) is 0. The number of hydrogen-bond donors (Lipinski definition) is 0. The summed E-state index contributed by atoms with van der Waals surface area (Å²) in [6, 6.07) is 47.4. The van der Waals surface area contributed by atoms with E-state index in [1.54, 1.807) is 0 Å². The monoisotopic (exact) mass is 510 g/mol. The van der Waals surface area contributed by atoms with E-state index in [9.17, 15) is 0 Å². The summed E-state index contributed by atoms with van der Waals surface area (Å²) in [4.78, 5) is 0. The van der Waals surface area contributed by atoms with Gasteiger partial charge in [0, 0.05) is 27.6 Å². The van der Waals surface area contributed by atoms with Crippen LogP contribution in [-0.4, -0.2) is 0 Å². The van der Waals surface area contributed by atoms with Crippen molar-refractivity contribution in [3.05, 3.63) is 133 Å². The molecule has 9 rings (SSSR count). The molecule has 0 bridgehead atoms. The quantitative estimate of drug-likeness (QED) is 0.231. The van der Waals surface area contributed by atoms with Gasteiger partial charge in [-0.2, -0.15) is 0 Å². The lowest BCUT2D eigenvalue weighted by atomic mass is 9.96. The molecule has 7 aromatic carbocycles. The fourth-order valence-corrected chi connectivity index (χ4v) is 6.34. The van der Waals surface area contributed by atoms with Crippen LogP contribution in [0.1, 0.15) is 0 Å². The van der Waals surface area contributed by atoms with Crippen molar-refractivity contribution >= 4 is 65.4 Å². The standard InChI is InChI=1S/C38H22O2/c1-3-11-27-23(7-1)9-5-13-29(27)25-15-17-35-31(19-25)33-21-34-32-20-26(16-18-36(32)40-38(34)22-37(33)39-35)30-14-6-10-24-8-2-4-12-28(24)30/h1-22H. The van der Waals surface area contributed by atoms with Gasteiger partial charge in [0.25, 0.3) is 0 Å². The zero-order valence-electron chi connectivity index (χ0n) is 21.5. The topological polar surface area (TPSA) is 26.3 Å². The molecule has 0 fully saturated rings. The third kappa shape index (κ3) is 3.11. The molecule has 0 aliphatic heterocycles. The Morgan fingerprint density at radius 3 is 1.27 bits per heavy atom. The minimum absolute atomic E-state index is 0.839. The molecule has 0 aliphatic carbocycles. The molecule has 2 aromatic heterocycles. The summed E-state index contributed by atoms with van der Waals surface area (Å²) in [6.45, 7) is 0. The molecule has 0 aliphatic rings. The number of hydrogen-bond acceptors (Lipinski definition) is 2. The van der Waals surface area contributed by atoms with E-state index in [1.807, 2.05) is 6.07 Å². The maximum absolute atomic E-state index is 6.32. The summed E-state index contributed by atoms with van der Waals surface area (Å²) in [5, 5.41) is 9.41. The van der Waals surface area contributed by atoms with Crippen molar-refractivity contribution in [1.82, 2.24) is 0 Å². The molecular weight excluding hydrogens is 488 g/mol. The van der Waals surface area contributed by atoms with Crippen LogP contribution in [0.2, 0.25) is 0 Å². The Morgan fingerprint density at radius 2 is 0.750 bits per heavy atom. The first-order valence-corrected chi connectivity index (χ1v) is 13.6. The first kappa shape index (κ1) is 21.6. The predicted octanol–water partition coefficient (Wildman–Crippen LogP) is 11.1. The van der Waals surface area contributed by atoms with E-state index in [1.165, 1.54) is 43.8 Å². The van der Waals surface area contributed by atoms with Crippen molar-refractivity contribution < 1.29 is 8.83 Å². The second-order valence-corrected chi connectivity index (χ2v) is 10.5. The van der Waals surface area contributed by atoms with Crippen molar-refractivity contribution in [2.24, 2.45) is 0 Å². The number of benzene rings is 7. The Morgan fingerprint density at radius 1 is 0.300 bits per heavy atom. The van der Waals surface area contributed by atoms with Crippen LogP contribution in [0.3, 0.4) is 0 Å². The summed E-state index contributed by atoms with van der Waals surface area (Å²) in [5.41, 5.74) is 8.26. The van der Waals surface area contributed by atoms with Gasteiger partial charge in [-0.05, 0) is 74.1 Å². The van der Waals surface area contributed by atoms with E-state index in [0.29, 0.717) is 0 Å². The van der Waals surface area contributed by atoms with Gasteiger partial charge in [0.2, 0.25) is 0 Å². The van der Waals surface area contributed by atoms with E-state index < -0.39 is 0 Å². The summed E-state index contributed by atoms with van der Waals surface area (Å²) >= 11 is 0. The maximum Gasteiger partial charge on any atom is 0.139 e. The summed E-state index contributed by atoms with van der Waals surface area (Å²) < 4.78 is 12.6. The van der Waals surface area contributed by atoms with Crippen LogP contribution in [0.15, 0.2) is 142 Å². The van der Waals surface area contributed by atoms with Crippen LogP contribution < -0.4 is 0 Å². The molecular formula is C38H22O2. The molecule has 9 aromatic rings. The van der Waals surface area contributed by atoms with Crippen LogP contribution in [0.25, 0.3) is 87.7 Å². The molecule has 0 N–H and O–H groups in total. The van der Waals surface area contributed by atoms with Gasteiger partial charge < -0.3 is 8.83 Å². The van der Waals surface area contributed by atoms with Gasteiger partial charge in [0.05, 0.1) is 0 Å². The highest BCUT2D eigenvalue weighted by Crippen LogP contribution is 2.40. The average Bonchev–Trinajstić information content (AvgIpc) is 3.55. The molecule has 2 heteroatoms. The van der Waals surface area contributed by atoms with Crippen molar-refractivity contribution in [2.45, 2.75) is 0 Å². The molecule has 40 heavy (non-hydrogen) atoms. The van der Waals surface area contributed by atoms with Gasteiger partial charge in [-0.3, -0.25) is 0 Å². The van der Waals surface area contributed by atoms with E-state index in [2.05, 4.69) is 127 Å². The van der Waals surface area contributed by atoms with Gasteiger partial charge in [-0.25, -0.2) is 0 Å². The van der Waals surface area contributed by atoms with Gasteiger partial charge in [-0.1, -0.05) is 97.1 Å². The molecule has 0 unspecified atom stereocenters.